The van der Waals surface area contributed by atoms with E-state index in [1.54, 1.807) is 11.2 Å². The van der Waals surface area contributed by atoms with E-state index in [4.69, 9.17) is 0 Å². The Hall–Kier alpha value is -0.700. The molecule has 7 nitrogen and oxygen atoms in total. The molecular formula is C17H32N4O3S. The van der Waals surface area contributed by atoms with E-state index >= 15 is 0 Å². The highest BCUT2D eigenvalue weighted by Crippen LogP contribution is 2.31. The molecule has 1 atom stereocenters. The second-order valence-electron chi connectivity index (χ2n) is 8.45. The summed E-state index contributed by atoms with van der Waals surface area (Å²) in [6, 6.07) is 0.757. The van der Waals surface area contributed by atoms with Crippen molar-refractivity contribution in [2.24, 2.45) is 0 Å². The summed E-state index contributed by atoms with van der Waals surface area (Å²) in [5, 5.41) is 0. The Bertz CT molecular complexity index is 613. The lowest BCUT2D eigenvalue weighted by Crippen LogP contribution is -2.71. The minimum Gasteiger partial charge on any atom is -0.343 e. The molecule has 1 unspecified atom stereocenters. The van der Waals surface area contributed by atoms with Gasteiger partial charge in [-0.25, -0.2) is 8.42 Å². The van der Waals surface area contributed by atoms with Crippen LogP contribution in [0.25, 0.3) is 0 Å². The summed E-state index contributed by atoms with van der Waals surface area (Å²) < 4.78 is 25.8. The van der Waals surface area contributed by atoms with E-state index in [2.05, 4.69) is 23.6 Å². The lowest BCUT2D eigenvalue weighted by atomic mass is 9.92. The Kier molecular flexibility index (Phi) is 5.18. The molecule has 3 aliphatic rings. The van der Waals surface area contributed by atoms with Gasteiger partial charge in [0, 0.05) is 70.4 Å². The minimum absolute atomic E-state index is 0.129. The standard InChI is InChI=1S/C17H32N4O3S/c1-14(22)18-7-5-15(6-8-18)19-9-10-21-16(11-19)12-20(25(4,23)24)13-17(21,2)3/h15-16H,5-13H2,1-4H3. The monoisotopic (exact) mass is 372 g/mol. The van der Waals surface area contributed by atoms with Crippen LogP contribution in [0.3, 0.4) is 0 Å². The van der Waals surface area contributed by atoms with Crippen molar-refractivity contribution in [2.75, 3.05) is 52.1 Å². The second-order valence-corrected chi connectivity index (χ2v) is 10.4. The third-order valence-electron chi connectivity index (χ3n) is 6.16. The summed E-state index contributed by atoms with van der Waals surface area (Å²) >= 11 is 0. The maximum Gasteiger partial charge on any atom is 0.219 e. The topological polar surface area (TPSA) is 64.2 Å². The molecule has 0 bridgehead atoms. The average Bonchev–Trinajstić information content (AvgIpc) is 2.53. The van der Waals surface area contributed by atoms with Crippen molar-refractivity contribution in [1.82, 2.24) is 19.0 Å². The number of piperazine rings is 2. The molecule has 144 valence electrons. The van der Waals surface area contributed by atoms with Gasteiger partial charge in [0.05, 0.1) is 6.26 Å². The van der Waals surface area contributed by atoms with Gasteiger partial charge < -0.3 is 4.90 Å². The fraction of sp³-hybridized carbons (Fsp3) is 0.941. The molecule has 0 aromatic rings. The number of nitrogens with zero attached hydrogens (tertiary/aromatic N) is 4. The number of piperidine rings is 1. The number of likely N-dealkylation sites (tertiary alicyclic amines) is 1. The van der Waals surface area contributed by atoms with Crippen LogP contribution in [0.2, 0.25) is 0 Å². The van der Waals surface area contributed by atoms with Gasteiger partial charge in [-0.05, 0) is 26.7 Å². The van der Waals surface area contributed by atoms with E-state index < -0.39 is 10.0 Å². The fourth-order valence-corrected chi connectivity index (χ4v) is 5.78. The molecule has 0 saturated carbocycles. The number of sulfonamides is 1. The number of amides is 1. The van der Waals surface area contributed by atoms with Crippen LogP contribution in [0.15, 0.2) is 0 Å². The molecule has 3 rings (SSSR count). The third-order valence-corrected chi connectivity index (χ3v) is 7.38. The van der Waals surface area contributed by atoms with Crippen LogP contribution in [-0.4, -0.2) is 103 Å². The fourth-order valence-electron chi connectivity index (χ4n) is 4.78. The maximum atomic E-state index is 12.1. The first kappa shape index (κ1) is 19.1. The van der Waals surface area contributed by atoms with E-state index in [1.807, 2.05) is 4.90 Å². The van der Waals surface area contributed by atoms with Gasteiger partial charge in [-0.3, -0.25) is 14.6 Å². The first-order valence-corrected chi connectivity index (χ1v) is 11.1. The van der Waals surface area contributed by atoms with Gasteiger partial charge in [-0.15, -0.1) is 0 Å². The van der Waals surface area contributed by atoms with Gasteiger partial charge in [0.1, 0.15) is 0 Å². The normalized spacial score (nSPS) is 30.2. The largest absolute Gasteiger partial charge is 0.343 e. The molecule has 25 heavy (non-hydrogen) atoms. The molecule has 0 radical (unpaired) electrons. The zero-order valence-corrected chi connectivity index (χ0v) is 16.8. The zero-order chi connectivity index (χ0) is 18.4. The quantitative estimate of drug-likeness (QED) is 0.685. The van der Waals surface area contributed by atoms with Crippen molar-refractivity contribution >= 4 is 15.9 Å². The van der Waals surface area contributed by atoms with Gasteiger partial charge in [-0.1, -0.05) is 0 Å². The first-order valence-electron chi connectivity index (χ1n) is 9.29. The smallest absolute Gasteiger partial charge is 0.219 e. The number of hydrogen-bond acceptors (Lipinski definition) is 5. The number of hydrogen-bond donors (Lipinski definition) is 0. The molecule has 3 aliphatic heterocycles. The third kappa shape index (κ3) is 4.02. The van der Waals surface area contributed by atoms with Gasteiger partial charge in [0.2, 0.25) is 15.9 Å². The van der Waals surface area contributed by atoms with Crippen LogP contribution in [0.1, 0.15) is 33.6 Å². The number of fused-ring (bicyclic) bond motifs is 1. The van der Waals surface area contributed by atoms with Gasteiger partial charge >= 0.3 is 0 Å². The van der Waals surface area contributed by atoms with Crippen LogP contribution in [0.5, 0.6) is 0 Å². The summed E-state index contributed by atoms with van der Waals surface area (Å²) in [5.74, 6) is 0.168. The number of carbonyl (C=O) groups is 1. The summed E-state index contributed by atoms with van der Waals surface area (Å²) in [6.45, 7) is 11.7. The van der Waals surface area contributed by atoms with Crippen molar-refractivity contribution in [3.05, 3.63) is 0 Å². The lowest BCUT2D eigenvalue weighted by molar-refractivity contribution is -0.130. The molecule has 0 aliphatic carbocycles. The van der Waals surface area contributed by atoms with E-state index in [1.165, 1.54) is 6.26 Å². The molecule has 1 amide bonds. The Balaban J connectivity index is 1.66. The molecule has 0 aromatic carbocycles. The lowest BCUT2D eigenvalue weighted by Gasteiger charge is -2.56. The summed E-state index contributed by atoms with van der Waals surface area (Å²) in [7, 11) is -3.16. The molecule has 8 heteroatoms. The number of carbonyl (C=O) groups excluding carboxylic acids is 1. The van der Waals surface area contributed by atoms with E-state index in [-0.39, 0.29) is 17.5 Å². The van der Waals surface area contributed by atoms with Crippen molar-refractivity contribution in [3.8, 4) is 0 Å². The highest BCUT2D eigenvalue weighted by Gasteiger charge is 2.45. The second kappa shape index (κ2) is 6.79. The maximum absolute atomic E-state index is 12.1. The van der Waals surface area contributed by atoms with Crippen molar-refractivity contribution in [1.29, 1.82) is 0 Å². The highest BCUT2D eigenvalue weighted by atomic mass is 32.2. The summed E-state index contributed by atoms with van der Waals surface area (Å²) in [5.41, 5.74) is -0.129. The van der Waals surface area contributed by atoms with E-state index in [0.717, 1.165) is 45.6 Å². The molecule has 0 aromatic heterocycles. The van der Waals surface area contributed by atoms with Crippen molar-refractivity contribution in [3.63, 3.8) is 0 Å². The predicted octanol–water partition coefficient (Wildman–Crippen LogP) is 0.0373. The Morgan fingerprint density at radius 2 is 1.64 bits per heavy atom. The van der Waals surface area contributed by atoms with Crippen LogP contribution in [0.4, 0.5) is 0 Å². The Labute approximate surface area is 152 Å². The number of rotatable bonds is 2. The van der Waals surface area contributed by atoms with Gasteiger partial charge in [-0.2, -0.15) is 4.31 Å². The SMILES string of the molecule is CC(=O)N1CCC(N2CCN3C(C2)CN(S(C)(=O)=O)CC3(C)C)CC1. The zero-order valence-electron chi connectivity index (χ0n) is 15.9. The Morgan fingerprint density at radius 3 is 2.20 bits per heavy atom. The van der Waals surface area contributed by atoms with E-state index in [0.29, 0.717) is 19.1 Å². The molecular weight excluding hydrogens is 340 g/mol. The van der Waals surface area contributed by atoms with E-state index in [9.17, 15) is 13.2 Å². The summed E-state index contributed by atoms with van der Waals surface area (Å²) in [4.78, 5) is 18.5. The van der Waals surface area contributed by atoms with Crippen LogP contribution >= 0.6 is 0 Å². The van der Waals surface area contributed by atoms with Gasteiger partial charge in [0.15, 0.2) is 0 Å². The summed E-state index contributed by atoms with van der Waals surface area (Å²) in [6.07, 6.45) is 3.35. The van der Waals surface area contributed by atoms with Gasteiger partial charge in [0.25, 0.3) is 0 Å². The molecule has 3 saturated heterocycles. The molecule has 0 spiro atoms. The van der Waals surface area contributed by atoms with Crippen molar-refractivity contribution < 1.29 is 13.2 Å². The molecule has 3 heterocycles. The van der Waals surface area contributed by atoms with Crippen LogP contribution in [0, 0.1) is 0 Å². The molecule has 3 fully saturated rings. The Morgan fingerprint density at radius 1 is 1.00 bits per heavy atom. The molecule has 0 N–H and O–H groups in total. The highest BCUT2D eigenvalue weighted by molar-refractivity contribution is 7.88. The predicted molar refractivity (Wildman–Crippen MR) is 97.8 cm³/mol. The van der Waals surface area contributed by atoms with Crippen LogP contribution in [-0.2, 0) is 14.8 Å². The van der Waals surface area contributed by atoms with Crippen LogP contribution < -0.4 is 0 Å². The average molecular weight is 373 g/mol. The first-order chi connectivity index (χ1) is 11.6. The van der Waals surface area contributed by atoms with Crippen molar-refractivity contribution in [2.45, 2.75) is 51.2 Å². The minimum atomic E-state index is -3.16.